The summed E-state index contributed by atoms with van der Waals surface area (Å²) in [6.45, 7) is 4.04. The topological polar surface area (TPSA) is 51.4 Å². The molecule has 0 aliphatic carbocycles. The van der Waals surface area contributed by atoms with Crippen molar-refractivity contribution < 1.29 is 9.15 Å². The highest BCUT2D eigenvalue weighted by atomic mass is 16.5. The Bertz CT molecular complexity index is 773. The van der Waals surface area contributed by atoms with Crippen LogP contribution in [0.2, 0.25) is 0 Å². The SMILES string of the molecule is c1ccc2c(-c3nnc(CN4CCOCC4)o3)cccc2c1. The summed E-state index contributed by atoms with van der Waals surface area (Å²) in [5, 5.41) is 10.7. The van der Waals surface area contributed by atoms with Crippen molar-refractivity contribution in [3.63, 3.8) is 0 Å². The number of morpholine rings is 1. The molecule has 0 N–H and O–H groups in total. The van der Waals surface area contributed by atoms with Gasteiger partial charge in [-0.1, -0.05) is 36.4 Å². The summed E-state index contributed by atoms with van der Waals surface area (Å²) < 4.78 is 11.2. The van der Waals surface area contributed by atoms with Crippen molar-refractivity contribution in [2.45, 2.75) is 6.54 Å². The predicted molar refractivity (Wildman–Crippen MR) is 83.3 cm³/mol. The van der Waals surface area contributed by atoms with Gasteiger partial charge in [0.2, 0.25) is 11.8 Å². The van der Waals surface area contributed by atoms with Gasteiger partial charge in [0.1, 0.15) is 0 Å². The molecular formula is C17H17N3O2. The lowest BCUT2D eigenvalue weighted by Crippen LogP contribution is -2.35. The fraction of sp³-hybridized carbons (Fsp3) is 0.294. The number of nitrogens with zero attached hydrogens (tertiary/aromatic N) is 3. The number of hydrogen-bond donors (Lipinski definition) is 0. The average molecular weight is 295 g/mol. The monoisotopic (exact) mass is 295 g/mol. The molecule has 0 unspecified atom stereocenters. The lowest BCUT2D eigenvalue weighted by atomic mass is 10.0. The van der Waals surface area contributed by atoms with Gasteiger partial charge in [-0.25, -0.2) is 0 Å². The molecule has 5 heteroatoms. The first-order chi connectivity index (χ1) is 10.9. The Morgan fingerprint density at radius 2 is 1.77 bits per heavy atom. The van der Waals surface area contributed by atoms with Gasteiger partial charge in [0, 0.05) is 18.7 Å². The summed E-state index contributed by atoms with van der Waals surface area (Å²) in [6.07, 6.45) is 0. The highest BCUT2D eigenvalue weighted by Crippen LogP contribution is 2.27. The van der Waals surface area contributed by atoms with E-state index in [1.807, 2.05) is 24.3 Å². The van der Waals surface area contributed by atoms with Gasteiger partial charge in [0.15, 0.2) is 0 Å². The molecule has 5 nitrogen and oxygen atoms in total. The highest BCUT2D eigenvalue weighted by Gasteiger charge is 2.16. The Morgan fingerprint density at radius 3 is 2.68 bits per heavy atom. The minimum Gasteiger partial charge on any atom is -0.419 e. The van der Waals surface area contributed by atoms with Crippen LogP contribution >= 0.6 is 0 Å². The minimum atomic E-state index is 0.583. The van der Waals surface area contributed by atoms with Crippen LogP contribution < -0.4 is 0 Å². The minimum absolute atomic E-state index is 0.583. The number of ether oxygens (including phenoxy) is 1. The Labute approximate surface area is 128 Å². The second-order valence-corrected chi connectivity index (χ2v) is 5.42. The normalized spacial score (nSPS) is 16.2. The first-order valence-electron chi connectivity index (χ1n) is 7.51. The third kappa shape index (κ3) is 2.61. The molecule has 0 spiro atoms. The average Bonchev–Trinajstić information content (AvgIpc) is 3.03. The lowest BCUT2D eigenvalue weighted by molar-refractivity contribution is 0.0306. The molecule has 0 amide bonds. The van der Waals surface area contributed by atoms with Crippen molar-refractivity contribution in [1.82, 2.24) is 15.1 Å². The van der Waals surface area contributed by atoms with E-state index < -0.39 is 0 Å². The summed E-state index contributed by atoms with van der Waals surface area (Å²) in [4.78, 5) is 2.27. The van der Waals surface area contributed by atoms with E-state index >= 15 is 0 Å². The molecule has 0 atom stereocenters. The summed E-state index contributed by atoms with van der Waals surface area (Å²) in [7, 11) is 0. The summed E-state index contributed by atoms with van der Waals surface area (Å²) in [5.41, 5.74) is 0.985. The number of fused-ring (bicyclic) bond motifs is 1. The maximum Gasteiger partial charge on any atom is 0.248 e. The zero-order chi connectivity index (χ0) is 14.8. The molecule has 0 radical (unpaired) electrons. The smallest absolute Gasteiger partial charge is 0.248 e. The fourth-order valence-corrected chi connectivity index (χ4v) is 2.79. The zero-order valence-electron chi connectivity index (χ0n) is 12.2. The van der Waals surface area contributed by atoms with E-state index in [4.69, 9.17) is 9.15 Å². The molecule has 1 aliphatic heterocycles. The Morgan fingerprint density at radius 1 is 0.955 bits per heavy atom. The quantitative estimate of drug-likeness (QED) is 0.743. The predicted octanol–water partition coefficient (Wildman–Crippen LogP) is 2.72. The van der Waals surface area contributed by atoms with Crippen molar-refractivity contribution in [2.24, 2.45) is 0 Å². The molecule has 3 aromatic rings. The zero-order valence-corrected chi connectivity index (χ0v) is 12.2. The van der Waals surface area contributed by atoms with Crippen LogP contribution in [-0.4, -0.2) is 41.4 Å². The third-order valence-corrected chi connectivity index (χ3v) is 3.95. The molecule has 1 aromatic heterocycles. The van der Waals surface area contributed by atoms with Crippen molar-refractivity contribution in [3.8, 4) is 11.5 Å². The maximum absolute atomic E-state index is 5.88. The van der Waals surface area contributed by atoms with Gasteiger partial charge in [0.25, 0.3) is 0 Å². The Balaban J connectivity index is 1.62. The molecule has 4 rings (SSSR count). The summed E-state index contributed by atoms with van der Waals surface area (Å²) in [5.74, 6) is 1.24. The van der Waals surface area contributed by atoms with Gasteiger partial charge in [-0.05, 0) is 16.8 Å². The number of benzene rings is 2. The maximum atomic E-state index is 5.88. The van der Waals surface area contributed by atoms with E-state index in [2.05, 4.69) is 33.3 Å². The molecule has 112 valence electrons. The largest absolute Gasteiger partial charge is 0.419 e. The molecule has 1 aliphatic rings. The second kappa shape index (κ2) is 5.87. The van der Waals surface area contributed by atoms with Gasteiger partial charge in [-0.2, -0.15) is 0 Å². The van der Waals surface area contributed by atoms with Gasteiger partial charge < -0.3 is 9.15 Å². The standard InChI is InChI=1S/C17H17N3O2/c1-2-6-14-13(4-1)5-3-7-15(14)17-19-18-16(22-17)12-20-8-10-21-11-9-20/h1-7H,8-12H2. The van der Waals surface area contributed by atoms with Crippen molar-refractivity contribution in [2.75, 3.05) is 26.3 Å². The molecule has 1 saturated heterocycles. The first-order valence-corrected chi connectivity index (χ1v) is 7.51. The number of rotatable bonds is 3. The van der Waals surface area contributed by atoms with Crippen LogP contribution in [0.25, 0.3) is 22.2 Å². The van der Waals surface area contributed by atoms with Crippen molar-refractivity contribution in [3.05, 3.63) is 48.4 Å². The van der Waals surface area contributed by atoms with E-state index in [9.17, 15) is 0 Å². The van der Waals surface area contributed by atoms with E-state index in [1.54, 1.807) is 0 Å². The van der Waals surface area contributed by atoms with E-state index in [0.29, 0.717) is 18.3 Å². The highest BCUT2D eigenvalue weighted by molar-refractivity contribution is 5.94. The van der Waals surface area contributed by atoms with Crippen LogP contribution in [0.3, 0.4) is 0 Å². The van der Waals surface area contributed by atoms with Crippen molar-refractivity contribution in [1.29, 1.82) is 0 Å². The van der Waals surface area contributed by atoms with Crippen LogP contribution in [0.4, 0.5) is 0 Å². The van der Waals surface area contributed by atoms with E-state index in [1.165, 1.54) is 5.39 Å². The molecule has 2 heterocycles. The molecule has 2 aromatic carbocycles. The molecule has 0 saturated carbocycles. The summed E-state index contributed by atoms with van der Waals surface area (Å²) in [6, 6.07) is 14.3. The first kappa shape index (κ1) is 13.4. The second-order valence-electron chi connectivity index (χ2n) is 5.42. The summed E-state index contributed by atoms with van der Waals surface area (Å²) >= 11 is 0. The molecule has 0 bridgehead atoms. The van der Waals surface area contributed by atoms with Crippen LogP contribution in [0.5, 0.6) is 0 Å². The Kier molecular flexibility index (Phi) is 3.58. The van der Waals surface area contributed by atoms with Crippen LogP contribution in [-0.2, 0) is 11.3 Å². The molecular weight excluding hydrogens is 278 g/mol. The lowest BCUT2D eigenvalue weighted by Gasteiger charge is -2.24. The van der Waals surface area contributed by atoms with Crippen LogP contribution in [0.15, 0.2) is 46.9 Å². The van der Waals surface area contributed by atoms with Crippen LogP contribution in [0.1, 0.15) is 5.89 Å². The Hall–Kier alpha value is -2.24. The van der Waals surface area contributed by atoms with Gasteiger partial charge >= 0.3 is 0 Å². The molecule has 22 heavy (non-hydrogen) atoms. The van der Waals surface area contributed by atoms with E-state index in [0.717, 1.165) is 37.3 Å². The van der Waals surface area contributed by atoms with Crippen molar-refractivity contribution >= 4 is 10.8 Å². The van der Waals surface area contributed by atoms with Crippen LogP contribution in [0, 0.1) is 0 Å². The van der Waals surface area contributed by atoms with Gasteiger partial charge in [0.05, 0.1) is 19.8 Å². The molecule has 1 fully saturated rings. The van der Waals surface area contributed by atoms with Gasteiger partial charge in [-0.3, -0.25) is 4.90 Å². The van der Waals surface area contributed by atoms with Gasteiger partial charge in [-0.15, -0.1) is 10.2 Å². The third-order valence-electron chi connectivity index (χ3n) is 3.95. The fourth-order valence-electron chi connectivity index (χ4n) is 2.79. The van der Waals surface area contributed by atoms with E-state index in [-0.39, 0.29) is 0 Å². The number of hydrogen-bond acceptors (Lipinski definition) is 5. The number of aromatic nitrogens is 2.